The van der Waals surface area contributed by atoms with E-state index >= 15 is 0 Å². The van der Waals surface area contributed by atoms with E-state index in [1.807, 2.05) is 32.0 Å². The Bertz CT molecular complexity index is 419. The molecule has 0 radical (unpaired) electrons. The van der Waals surface area contributed by atoms with Crippen LogP contribution in [0.4, 0.5) is 5.69 Å². The van der Waals surface area contributed by atoms with Gasteiger partial charge in [-0.2, -0.15) is 0 Å². The first-order valence-corrected chi connectivity index (χ1v) is 6.72. The third-order valence-corrected chi connectivity index (χ3v) is 2.78. The molecule has 4 heteroatoms. The van der Waals surface area contributed by atoms with Crippen LogP contribution in [-0.4, -0.2) is 32.2 Å². The monoisotopic (exact) mass is 264 g/mol. The molecule has 0 spiro atoms. The highest BCUT2D eigenvalue weighted by Gasteiger charge is 2.13. The SMILES string of the molecule is CCCNc1ccc(C)cc1C(=O)NC(C)COC. The van der Waals surface area contributed by atoms with Crippen LogP contribution in [0.3, 0.4) is 0 Å². The first kappa shape index (κ1) is 15.5. The molecule has 0 saturated carbocycles. The van der Waals surface area contributed by atoms with Crippen LogP contribution in [0.2, 0.25) is 0 Å². The third kappa shape index (κ3) is 4.91. The summed E-state index contributed by atoms with van der Waals surface area (Å²) >= 11 is 0. The molecule has 106 valence electrons. The highest BCUT2D eigenvalue weighted by molar-refractivity contribution is 6.00. The zero-order valence-electron chi connectivity index (χ0n) is 12.2. The molecule has 0 bridgehead atoms. The highest BCUT2D eigenvalue weighted by atomic mass is 16.5. The highest BCUT2D eigenvalue weighted by Crippen LogP contribution is 2.17. The number of hydrogen-bond donors (Lipinski definition) is 2. The smallest absolute Gasteiger partial charge is 0.253 e. The number of ether oxygens (including phenoxy) is 1. The van der Waals surface area contributed by atoms with Gasteiger partial charge in [0.2, 0.25) is 0 Å². The molecular weight excluding hydrogens is 240 g/mol. The lowest BCUT2D eigenvalue weighted by atomic mass is 10.1. The normalized spacial score (nSPS) is 12.0. The molecule has 0 fully saturated rings. The van der Waals surface area contributed by atoms with E-state index in [1.54, 1.807) is 7.11 Å². The van der Waals surface area contributed by atoms with Crippen molar-refractivity contribution < 1.29 is 9.53 Å². The van der Waals surface area contributed by atoms with Crippen molar-refractivity contribution in [1.29, 1.82) is 0 Å². The molecule has 0 heterocycles. The number of anilines is 1. The second kappa shape index (κ2) is 7.79. The van der Waals surface area contributed by atoms with Gasteiger partial charge in [0.1, 0.15) is 0 Å². The van der Waals surface area contributed by atoms with E-state index in [1.165, 1.54) is 0 Å². The second-order valence-corrected chi connectivity index (χ2v) is 4.81. The van der Waals surface area contributed by atoms with Crippen LogP contribution in [0.1, 0.15) is 36.2 Å². The Morgan fingerprint density at radius 3 is 2.79 bits per heavy atom. The van der Waals surface area contributed by atoms with Crippen LogP contribution in [0, 0.1) is 6.92 Å². The topological polar surface area (TPSA) is 50.4 Å². The van der Waals surface area contributed by atoms with Crippen molar-refractivity contribution in [2.75, 3.05) is 25.6 Å². The van der Waals surface area contributed by atoms with Gasteiger partial charge in [-0.25, -0.2) is 0 Å². The van der Waals surface area contributed by atoms with E-state index in [0.717, 1.165) is 24.2 Å². The molecule has 1 amide bonds. The Kier molecular flexibility index (Phi) is 6.36. The van der Waals surface area contributed by atoms with Gasteiger partial charge in [0.25, 0.3) is 5.91 Å². The summed E-state index contributed by atoms with van der Waals surface area (Å²) < 4.78 is 5.03. The molecule has 1 rings (SSSR count). The van der Waals surface area contributed by atoms with Gasteiger partial charge in [-0.1, -0.05) is 18.6 Å². The molecule has 1 aromatic rings. The van der Waals surface area contributed by atoms with Crippen molar-refractivity contribution in [1.82, 2.24) is 5.32 Å². The molecule has 0 aromatic heterocycles. The lowest BCUT2D eigenvalue weighted by Gasteiger charge is -2.16. The molecule has 0 saturated heterocycles. The summed E-state index contributed by atoms with van der Waals surface area (Å²) in [5, 5.41) is 6.22. The minimum Gasteiger partial charge on any atom is -0.384 e. The van der Waals surface area contributed by atoms with Gasteiger partial charge in [0.05, 0.1) is 12.2 Å². The number of nitrogens with one attached hydrogen (secondary N) is 2. The van der Waals surface area contributed by atoms with Crippen molar-refractivity contribution in [3.8, 4) is 0 Å². The van der Waals surface area contributed by atoms with Gasteiger partial charge >= 0.3 is 0 Å². The average Bonchev–Trinajstić information content (AvgIpc) is 2.37. The molecular formula is C15H24N2O2. The predicted octanol–water partition coefficient (Wildman–Crippen LogP) is 2.58. The van der Waals surface area contributed by atoms with E-state index in [4.69, 9.17) is 4.74 Å². The number of hydrogen-bond acceptors (Lipinski definition) is 3. The lowest BCUT2D eigenvalue weighted by Crippen LogP contribution is -2.36. The van der Waals surface area contributed by atoms with Gasteiger partial charge in [0.15, 0.2) is 0 Å². The molecule has 0 aliphatic carbocycles. The fourth-order valence-corrected chi connectivity index (χ4v) is 1.85. The van der Waals surface area contributed by atoms with Crippen LogP contribution >= 0.6 is 0 Å². The Morgan fingerprint density at radius 2 is 2.16 bits per heavy atom. The number of benzene rings is 1. The Hall–Kier alpha value is -1.55. The number of methoxy groups -OCH3 is 1. The quantitative estimate of drug-likeness (QED) is 0.796. The van der Waals surface area contributed by atoms with Crippen LogP contribution in [0.5, 0.6) is 0 Å². The largest absolute Gasteiger partial charge is 0.384 e. The summed E-state index contributed by atoms with van der Waals surface area (Å²) in [7, 11) is 1.63. The number of aryl methyl sites for hydroxylation is 1. The summed E-state index contributed by atoms with van der Waals surface area (Å²) in [5.74, 6) is -0.0631. The zero-order chi connectivity index (χ0) is 14.3. The third-order valence-electron chi connectivity index (χ3n) is 2.78. The van der Waals surface area contributed by atoms with Crippen molar-refractivity contribution in [2.24, 2.45) is 0 Å². The molecule has 4 nitrogen and oxygen atoms in total. The van der Waals surface area contributed by atoms with Crippen LogP contribution in [-0.2, 0) is 4.74 Å². The Morgan fingerprint density at radius 1 is 1.42 bits per heavy atom. The molecule has 0 aliphatic rings. The predicted molar refractivity (Wildman–Crippen MR) is 78.8 cm³/mol. The maximum absolute atomic E-state index is 12.3. The van der Waals surface area contributed by atoms with Crippen molar-refractivity contribution in [3.63, 3.8) is 0 Å². The summed E-state index contributed by atoms with van der Waals surface area (Å²) in [6, 6.07) is 5.87. The molecule has 1 unspecified atom stereocenters. The van der Waals surface area contributed by atoms with E-state index in [0.29, 0.717) is 12.2 Å². The second-order valence-electron chi connectivity index (χ2n) is 4.81. The van der Waals surface area contributed by atoms with Crippen molar-refractivity contribution >= 4 is 11.6 Å². The number of amides is 1. The maximum atomic E-state index is 12.3. The fourth-order valence-electron chi connectivity index (χ4n) is 1.85. The number of rotatable bonds is 7. The van der Waals surface area contributed by atoms with E-state index in [2.05, 4.69) is 17.6 Å². The Balaban J connectivity index is 2.84. The van der Waals surface area contributed by atoms with Crippen LogP contribution < -0.4 is 10.6 Å². The molecule has 1 aromatic carbocycles. The first-order valence-electron chi connectivity index (χ1n) is 6.72. The van der Waals surface area contributed by atoms with Crippen molar-refractivity contribution in [3.05, 3.63) is 29.3 Å². The fraction of sp³-hybridized carbons (Fsp3) is 0.533. The summed E-state index contributed by atoms with van der Waals surface area (Å²) in [4.78, 5) is 12.3. The number of carbonyl (C=O) groups is 1. The zero-order valence-corrected chi connectivity index (χ0v) is 12.2. The van der Waals surface area contributed by atoms with Crippen LogP contribution in [0.25, 0.3) is 0 Å². The van der Waals surface area contributed by atoms with E-state index in [9.17, 15) is 4.79 Å². The van der Waals surface area contributed by atoms with Gasteiger partial charge in [-0.3, -0.25) is 4.79 Å². The molecule has 1 atom stereocenters. The Labute approximate surface area is 115 Å². The summed E-state index contributed by atoms with van der Waals surface area (Å²) in [5.41, 5.74) is 2.65. The van der Waals surface area contributed by atoms with Gasteiger partial charge in [-0.15, -0.1) is 0 Å². The molecule has 0 aliphatic heterocycles. The maximum Gasteiger partial charge on any atom is 0.253 e. The van der Waals surface area contributed by atoms with Gasteiger partial charge in [0, 0.05) is 25.4 Å². The van der Waals surface area contributed by atoms with Crippen LogP contribution in [0.15, 0.2) is 18.2 Å². The lowest BCUT2D eigenvalue weighted by molar-refractivity contribution is 0.0906. The summed E-state index contributed by atoms with van der Waals surface area (Å²) in [6.07, 6.45) is 1.02. The average molecular weight is 264 g/mol. The summed E-state index contributed by atoms with van der Waals surface area (Å²) in [6.45, 7) is 7.38. The van der Waals surface area contributed by atoms with E-state index in [-0.39, 0.29) is 11.9 Å². The minimum atomic E-state index is -0.0631. The van der Waals surface area contributed by atoms with Gasteiger partial charge < -0.3 is 15.4 Å². The van der Waals surface area contributed by atoms with Crippen molar-refractivity contribution in [2.45, 2.75) is 33.2 Å². The first-order chi connectivity index (χ1) is 9.08. The van der Waals surface area contributed by atoms with E-state index < -0.39 is 0 Å². The number of carbonyl (C=O) groups excluding carboxylic acids is 1. The van der Waals surface area contributed by atoms with Gasteiger partial charge in [-0.05, 0) is 32.4 Å². The molecule has 19 heavy (non-hydrogen) atoms. The minimum absolute atomic E-state index is 0.00274. The standard InChI is InChI=1S/C15H24N2O2/c1-5-8-16-14-7-6-11(2)9-13(14)15(18)17-12(3)10-19-4/h6-7,9,12,16H,5,8,10H2,1-4H3,(H,17,18). The molecule has 2 N–H and O–H groups in total.